The van der Waals surface area contributed by atoms with Gasteiger partial charge in [-0.05, 0) is 44.0 Å². The fourth-order valence-corrected chi connectivity index (χ4v) is 2.06. The van der Waals surface area contributed by atoms with Crippen molar-refractivity contribution in [2.75, 3.05) is 17.7 Å². The van der Waals surface area contributed by atoms with Crippen molar-refractivity contribution in [3.05, 3.63) is 47.5 Å². The van der Waals surface area contributed by atoms with E-state index < -0.39 is 0 Å². The third-order valence-corrected chi connectivity index (χ3v) is 3.14. The predicted octanol–water partition coefficient (Wildman–Crippen LogP) is 4.42. The van der Waals surface area contributed by atoms with Crippen LogP contribution in [0.25, 0.3) is 0 Å². The number of aryl methyl sites for hydroxylation is 2. The Morgan fingerprint density at radius 3 is 2.60 bits per heavy atom. The number of ether oxygens (including phenoxy) is 1. The zero-order chi connectivity index (χ0) is 14.5. The molecular weight excluding hydrogens is 248 g/mol. The van der Waals surface area contributed by atoms with Crippen LogP contribution in [0.3, 0.4) is 0 Å². The van der Waals surface area contributed by atoms with Gasteiger partial charge in [0.1, 0.15) is 5.75 Å². The average Bonchev–Trinajstić information content (AvgIpc) is 2.42. The van der Waals surface area contributed by atoms with Gasteiger partial charge in [-0.25, -0.2) is 0 Å². The largest absolute Gasteiger partial charge is 0.491 e. The van der Waals surface area contributed by atoms with Gasteiger partial charge in [-0.1, -0.05) is 24.6 Å². The van der Waals surface area contributed by atoms with Gasteiger partial charge in [0.05, 0.1) is 12.3 Å². The number of hydrogen-bond acceptors (Lipinski definition) is 3. The highest BCUT2D eigenvalue weighted by Crippen LogP contribution is 2.28. The molecule has 0 radical (unpaired) electrons. The Kier molecular flexibility index (Phi) is 4.51. The minimum absolute atomic E-state index is 0.671. The molecule has 3 N–H and O–H groups in total. The molecule has 106 valence electrons. The van der Waals surface area contributed by atoms with Gasteiger partial charge in [0.25, 0.3) is 0 Å². The molecule has 2 aromatic rings. The summed E-state index contributed by atoms with van der Waals surface area (Å²) in [7, 11) is 0. The standard InChI is InChI=1S/C17H22N2O/c1-4-9-20-17-11-14(6-7-15(17)18)19-16-8-5-12(2)10-13(16)3/h5-8,10-11,19H,4,9,18H2,1-3H3. The molecule has 2 aromatic carbocycles. The van der Waals surface area contributed by atoms with E-state index in [0.29, 0.717) is 12.3 Å². The molecule has 0 bridgehead atoms. The van der Waals surface area contributed by atoms with Gasteiger partial charge >= 0.3 is 0 Å². The molecule has 3 nitrogen and oxygen atoms in total. The van der Waals surface area contributed by atoms with Gasteiger partial charge in [0.15, 0.2) is 0 Å². The Bertz CT molecular complexity index is 594. The lowest BCUT2D eigenvalue weighted by atomic mass is 10.1. The maximum Gasteiger partial charge on any atom is 0.144 e. The lowest BCUT2D eigenvalue weighted by Gasteiger charge is -2.13. The summed E-state index contributed by atoms with van der Waals surface area (Å²) in [5.41, 5.74) is 11.2. The van der Waals surface area contributed by atoms with E-state index in [1.54, 1.807) is 0 Å². The van der Waals surface area contributed by atoms with Gasteiger partial charge in [-0.3, -0.25) is 0 Å². The Labute approximate surface area is 120 Å². The fraction of sp³-hybridized carbons (Fsp3) is 0.294. The van der Waals surface area contributed by atoms with E-state index in [2.05, 4.69) is 44.3 Å². The first-order valence-electron chi connectivity index (χ1n) is 6.96. The van der Waals surface area contributed by atoms with Gasteiger partial charge in [-0.15, -0.1) is 0 Å². The Morgan fingerprint density at radius 2 is 1.90 bits per heavy atom. The van der Waals surface area contributed by atoms with E-state index >= 15 is 0 Å². The van der Waals surface area contributed by atoms with Crippen LogP contribution in [0, 0.1) is 13.8 Å². The molecule has 0 amide bonds. The van der Waals surface area contributed by atoms with E-state index in [1.807, 2.05) is 18.2 Å². The van der Waals surface area contributed by atoms with Crippen LogP contribution in [-0.2, 0) is 0 Å². The normalized spacial score (nSPS) is 10.3. The van der Waals surface area contributed by atoms with E-state index in [-0.39, 0.29) is 0 Å². The van der Waals surface area contributed by atoms with Crippen LogP contribution in [0.4, 0.5) is 17.1 Å². The van der Waals surface area contributed by atoms with Crippen LogP contribution in [-0.4, -0.2) is 6.61 Å². The lowest BCUT2D eigenvalue weighted by Crippen LogP contribution is -2.00. The van der Waals surface area contributed by atoms with Crippen molar-refractivity contribution in [1.82, 2.24) is 0 Å². The minimum Gasteiger partial charge on any atom is -0.491 e. The second-order valence-corrected chi connectivity index (χ2v) is 5.04. The van der Waals surface area contributed by atoms with Crippen LogP contribution in [0.5, 0.6) is 5.75 Å². The molecule has 0 saturated carbocycles. The first-order chi connectivity index (χ1) is 9.60. The molecule has 0 spiro atoms. The summed E-state index contributed by atoms with van der Waals surface area (Å²) in [6, 6.07) is 12.1. The molecule has 0 aliphatic heterocycles. The lowest BCUT2D eigenvalue weighted by molar-refractivity contribution is 0.319. The SMILES string of the molecule is CCCOc1cc(Nc2ccc(C)cc2C)ccc1N. The molecule has 2 rings (SSSR count). The first-order valence-corrected chi connectivity index (χ1v) is 6.96. The molecule has 0 saturated heterocycles. The third kappa shape index (κ3) is 3.44. The van der Waals surface area contributed by atoms with Crippen molar-refractivity contribution in [2.24, 2.45) is 0 Å². The molecule has 0 aliphatic rings. The summed E-state index contributed by atoms with van der Waals surface area (Å²) >= 11 is 0. The van der Waals surface area contributed by atoms with Gasteiger partial charge < -0.3 is 15.8 Å². The summed E-state index contributed by atoms with van der Waals surface area (Å²) in [6.45, 7) is 6.95. The van der Waals surface area contributed by atoms with Crippen molar-refractivity contribution in [3.8, 4) is 5.75 Å². The van der Waals surface area contributed by atoms with Crippen LogP contribution in [0.1, 0.15) is 24.5 Å². The third-order valence-electron chi connectivity index (χ3n) is 3.14. The van der Waals surface area contributed by atoms with Gasteiger partial charge in [0, 0.05) is 17.4 Å². The second kappa shape index (κ2) is 6.33. The topological polar surface area (TPSA) is 47.3 Å². The predicted molar refractivity (Wildman–Crippen MR) is 85.8 cm³/mol. The number of rotatable bonds is 5. The molecule has 3 heteroatoms. The van der Waals surface area contributed by atoms with E-state index in [9.17, 15) is 0 Å². The Balaban J connectivity index is 2.20. The van der Waals surface area contributed by atoms with Gasteiger partial charge in [0.2, 0.25) is 0 Å². The molecule has 0 unspecified atom stereocenters. The molecule has 0 fully saturated rings. The van der Waals surface area contributed by atoms with E-state index in [0.717, 1.165) is 23.5 Å². The van der Waals surface area contributed by atoms with Crippen LogP contribution < -0.4 is 15.8 Å². The highest BCUT2D eigenvalue weighted by atomic mass is 16.5. The van der Waals surface area contributed by atoms with Crippen molar-refractivity contribution >= 4 is 17.1 Å². The first kappa shape index (κ1) is 14.3. The number of benzene rings is 2. The molecule has 20 heavy (non-hydrogen) atoms. The molecule has 0 aromatic heterocycles. The highest BCUT2D eigenvalue weighted by molar-refractivity contribution is 5.68. The molecule has 0 aliphatic carbocycles. The summed E-state index contributed by atoms with van der Waals surface area (Å²) in [5, 5.41) is 3.41. The number of anilines is 3. The fourth-order valence-electron chi connectivity index (χ4n) is 2.06. The van der Waals surface area contributed by atoms with Crippen molar-refractivity contribution in [3.63, 3.8) is 0 Å². The number of nitrogens with two attached hydrogens (primary N) is 1. The monoisotopic (exact) mass is 270 g/mol. The van der Waals surface area contributed by atoms with E-state index in [1.165, 1.54) is 11.1 Å². The second-order valence-electron chi connectivity index (χ2n) is 5.04. The smallest absolute Gasteiger partial charge is 0.144 e. The van der Waals surface area contributed by atoms with E-state index in [4.69, 9.17) is 10.5 Å². The molecule has 0 heterocycles. The zero-order valence-corrected chi connectivity index (χ0v) is 12.4. The van der Waals surface area contributed by atoms with Crippen LogP contribution in [0.15, 0.2) is 36.4 Å². The van der Waals surface area contributed by atoms with Crippen molar-refractivity contribution in [2.45, 2.75) is 27.2 Å². The Morgan fingerprint density at radius 1 is 1.10 bits per heavy atom. The summed E-state index contributed by atoms with van der Waals surface area (Å²) in [6.07, 6.45) is 0.966. The van der Waals surface area contributed by atoms with Crippen molar-refractivity contribution in [1.29, 1.82) is 0 Å². The van der Waals surface area contributed by atoms with Gasteiger partial charge in [-0.2, -0.15) is 0 Å². The number of hydrogen-bond donors (Lipinski definition) is 2. The van der Waals surface area contributed by atoms with Crippen LogP contribution in [0.2, 0.25) is 0 Å². The number of nitrogens with one attached hydrogen (secondary N) is 1. The van der Waals surface area contributed by atoms with Crippen molar-refractivity contribution < 1.29 is 4.74 Å². The summed E-state index contributed by atoms with van der Waals surface area (Å²) in [5.74, 6) is 0.738. The highest BCUT2D eigenvalue weighted by Gasteiger charge is 2.04. The quantitative estimate of drug-likeness (QED) is 0.791. The maximum atomic E-state index is 5.92. The van der Waals surface area contributed by atoms with Crippen LogP contribution >= 0.6 is 0 Å². The summed E-state index contributed by atoms with van der Waals surface area (Å²) in [4.78, 5) is 0. The number of nitrogen functional groups attached to an aromatic ring is 1. The maximum absolute atomic E-state index is 5.92. The molecule has 0 atom stereocenters. The minimum atomic E-state index is 0.671. The zero-order valence-electron chi connectivity index (χ0n) is 12.4. The summed E-state index contributed by atoms with van der Waals surface area (Å²) < 4.78 is 5.65. The Hall–Kier alpha value is -2.16. The molecular formula is C17H22N2O. The average molecular weight is 270 g/mol.